The highest BCUT2D eigenvalue weighted by Gasteiger charge is 2.38. The zero-order valence-corrected chi connectivity index (χ0v) is 15.6. The number of rotatable bonds is 3. The summed E-state index contributed by atoms with van der Waals surface area (Å²) in [6, 6.07) is 3.60. The molecule has 1 spiro atoms. The second-order valence-electron chi connectivity index (χ2n) is 7.17. The summed E-state index contributed by atoms with van der Waals surface area (Å²) < 4.78 is 5.75. The summed E-state index contributed by atoms with van der Waals surface area (Å²) >= 11 is 2.15. The van der Waals surface area contributed by atoms with Gasteiger partial charge in [0.25, 0.3) is 0 Å². The quantitative estimate of drug-likeness (QED) is 0.648. The molecule has 0 radical (unpaired) electrons. The molecule has 1 aliphatic heterocycles. The highest BCUT2D eigenvalue weighted by atomic mass is 32.2. The fraction of sp³-hybridized carbons (Fsp3) is 0.722. The number of aliphatic imine (C=N–C) groups is 1. The highest BCUT2D eigenvalue weighted by molar-refractivity contribution is 8.00. The van der Waals surface area contributed by atoms with Crippen LogP contribution in [0.5, 0.6) is 0 Å². The van der Waals surface area contributed by atoms with Gasteiger partial charge in [0.2, 0.25) is 0 Å². The van der Waals surface area contributed by atoms with Gasteiger partial charge in [-0.05, 0) is 31.9 Å². The van der Waals surface area contributed by atoms with Gasteiger partial charge in [0.15, 0.2) is 5.96 Å². The number of nitrogens with zero attached hydrogens (tertiary/aromatic N) is 2. The van der Waals surface area contributed by atoms with E-state index in [1.165, 1.54) is 32.1 Å². The minimum Gasteiger partial charge on any atom is -0.466 e. The number of aliphatic hydroxyl groups is 1. The molecule has 2 heterocycles. The van der Waals surface area contributed by atoms with Crippen LogP contribution in [-0.4, -0.2) is 53.1 Å². The van der Waals surface area contributed by atoms with Crippen molar-refractivity contribution in [1.29, 1.82) is 0 Å². The average molecular weight is 352 g/mol. The Morgan fingerprint density at radius 3 is 2.92 bits per heavy atom. The fourth-order valence-electron chi connectivity index (χ4n) is 3.78. The number of nitrogens with one attached hydrogen (secondary N) is 1. The highest BCUT2D eigenvalue weighted by Crippen LogP contribution is 2.42. The Morgan fingerprint density at radius 1 is 1.46 bits per heavy atom. The molecule has 1 aliphatic carbocycles. The van der Waals surface area contributed by atoms with Crippen LogP contribution in [0.3, 0.4) is 0 Å². The van der Waals surface area contributed by atoms with Gasteiger partial charge < -0.3 is 19.7 Å². The van der Waals surface area contributed by atoms with Crippen LogP contribution in [0, 0.1) is 0 Å². The van der Waals surface area contributed by atoms with Gasteiger partial charge in [-0.25, -0.2) is 0 Å². The van der Waals surface area contributed by atoms with Gasteiger partial charge in [0.1, 0.15) is 11.4 Å². The lowest BCUT2D eigenvalue weighted by Crippen LogP contribution is -2.54. The van der Waals surface area contributed by atoms with Gasteiger partial charge >= 0.3 is 0 Å². The first-order valence-electron chi connectivity index (χ1n) is 8.91. The van der Waals surface area contributed by atoms with E-state index in [0.29, 0.717) is 17.1 Å². The van der Waals surface area contributed by atoms with Gasteiger partial charge in [-0.15, -0.1) is 0 Å². The molecule has 2 N–H and O–H groups in total. The molecule has 3 rings (SSSR count). The van der Waals surface area contributed by atoms with Crippen molar-refractivity contribution in [2.75, 3.05) is 32.4 Å². The smallest absolute Gasteiger partial charge is 0.193 e. The number of furan rings is 1. The third-order valence-electron chi connectivity index (χ3n) is 5.17. The Labute approximate surface area is 148 Å². The van der Waals surface area contributed by atoms with Crippen molar-refractivity contribution in [2.45, 2.75) is 49.4 Å². The van der Waals surface area contributed by atoms with E-state index in [1.54, 1.807) is 25.3 Å². The van der Waals surface area contributed by atoms with E-state index in [1.807, 2.05) is 7.05 Å². The first kappa shape index (κ1) is 17.7. The van der Waals surface area contributed by atoms with Crippen molar-refractivity contribution >= 4 is 17.7 Å². The minimum atomic E-state index is -1.05. The van der Waals surface area contributed by atoms with E-state index in [9.17, 15) is 5.11 Å². The second kappa shape index (κ2) is 7.40. The van der Waals surface area contributed by atoms with Crippen molar-refractivity contribution in [1.82, 2.24) is 10.2 Å². The normalized spacial score (nSPS) is 24.0. The van der Waals surface area contributed by atoms with Crippen LogP contribution in [0.2, 0.25) is 0 Å². The molecule has 2 aliphatic rings. The number of hydrogen-bond donors (Lipinski definition) is 2. The van der Waals surface area contributed by atoms with Crippen molar-refractivity contribution in [3.63, 3.8) is 0 Å². The largest absolute Gasteiger partial charge is 0.466 e. The fourth-order valence-corrected chi connectivity index (χ4v) is 5.35. The zero-order chi connectivity index (χ0) is 17.0. The van der Waals surface area contributed by atoms with E-state index in [0.717, 1.165) is 24.8 Å². The Kier molecular flexibility index (Phi) is 5.45. The lowest BCUT2D eigenvalue weighted by molar-refractivity contribution is 0.0379. The monoisotopic (exact) mass is 351 g/mol. The van der Waals surface area contributed by atoms with Crippen LogP contribution in [0.4, 0.5) is 0 Å². The zero-order valence-electron chi connectivity index (χ0n) is 14.8. The summed E-state index contributed by atoms with van der Waals surface area (Å²) in [5, 5.41) is 14.0. The molecular weight excluding hydrogens is 322 g/mol. The van der Waals surface area contributed by atoms with Crippen molar-refractivity contribution in [3.05, 3.63) is 24.2 Å². The van der Waals surface area contributed by atoms with E-state index in [4.69, 9.17) is 4.42 Å². The summed E-state index contributed by atoms with van der Waals surface area (Å²) in [7, 11) is 1.82. The van der Waals surface area contributed by atoms with E-state index >= 15 is 0 Å². The Bertz CT molecular complexity index is 545. The second-order valence-corrected chi connectivity index (χ2v) is 8.73. The molecule has 0 aromatic carbocycles. The topological polar surface area (TPSA) is 61.0 Å². The molecule has 5 nitrogen and oxygen atoms in total. The Hall–Kier alpha value is -1.14. The number of hydrogen-bond acceptors (Lipinski definition) is 4. The first-order chi connectivity index (χ1) is 11.5. The molecule has 1 aromatic heterocycles. The standard InChI is InChI=1S/C18H29N3O2S/c1-17(22,15-7-6-11-23-15)13-20-16(19-2)21-10-12-24-18(14-21)8-4-3-5-9-18/h6-7,11,22H,3-5,8-10,12-14H2,1-2H3,(H,19,20). The van der Waals surface area contributed by atoms with E-state index in [-0.39, 0.29) is 0 Å². The van der Waals surface area contributed by atoms with Crippen LogP contribution in [0.25, 0.3) is 0 Å². The molecular formula is C18H29N3O2S. The molecule has 2 fully saturated rings. The van der Waals surface area contributed by atoms with Crippen LogP contribution < -0.4 is 5.32 Å². The van der Waals surface area contributed by atoms with Crippen molar-refractivity contribution in [3.8, 4) is 0 Å². The van der Waals surface area contributed by atoms with E-state index in [2.05, 4.69) is 27.0 Å². The minimum absolute atomic E-state index is 0.379. The maximum Gasteiger partial charge on any atom is 0.193 e. The van der Waals surface area contributed by atoms with E-state index < -0.39 is 5.60 Å². The summed E-state index contributed by atoms with van der Waals surface area (Å²) in [5.41, 5.74) is -1.05. The molecule has 1 unspecified atom stereocenters. The predicted molar refractivity (Wildman–Crippen MR) is 99.5 cm³/mol. The third-order valence-corrected chi connectivity index (χ3v) is 6.70. The molecule has 1 saturated carbocycles. The van der Waals surface area contributed by atoms with Crippen LogP contribution in [0.1, 0.15) is 44.8 Å². The summed E-state index contributed by atoms with van der Waals surface area (Å²) in [5.74, 6) is 2.60. The van der Waals surface area contributed by atoms with Gasteiger partial charge in [-0.1, -0.05) is 19.3 Å². The Balaban J connectivity index is 1.61. The van der Waals surface area contributed by atoms with Gasteiger partial charge in [0.05, 0.1) is 12.8 Å². The van der Waals surface area contributed by atoms with Crippen LogP contribution >= 0.6 is 11.8 Å². The molecule has 0 bridgehead atoms. The van der Waals surface area contributed by atoms with Crippen LogP contribution in [-0.2, 0) is 5.60 Å². The number of thioether (sulfide) groups is 1. The maximum absolute atomic E-state index is 10.6. The van der Waals surface area contributed by atoms with Crippen LogP contribution in [0.15, 0.2) is 27.8 Å². The number of guanidine groups is 1. The summed E-state index contributed by atoms with van der Waals surface area (Å²) in [4.78, 5) is 6.82. The summed E-state index contributed by atoms with van der Waals surface area (Å²) in [6.07, 6.45) is 8.29. The van der Waals surface area contributed by atoms with Gasteiger partial charge in [0, 0.05) is 30.6 Å². The average Bonchev–Trinajstić information content (AvgIpc) is 3.12. The maximum atomic E-state index is 10.6. The molecule has 1 atom stereocenters. The molecule has 134 valence electrons. The van der Waals surface area contributed by atoms with Crippen molar-refractivity contribution < 1.29 is 9.52 Å². The summed E-state index contributed by atoms with van der Waals surface area (Å²) in [6.45, 7) is 4.21. The Morgan fingerprint density at radius 2 is 2.25 bits per heavy atom. The predicted octanol–water partition coefficient (Wildman–Crippen LogP) is 2.81. The molecule has 0 amide bonds. The molecule has 1 aromatic rings. The van der Waals surface area contributed by atoms with Crippen molar-refractivity contribution in [2.24, 2.45) is 4.99 Å². The molecule has 24 heavy (non-hydrogen) atoms. The first-order valence-corrected chi connectivity index (χ1v) is 9.89. The van der Waals surface area contributed by atoms with Gasteiger partial charge in [-0.2, -0.15) is 11.8 Å². The molecule has 1 saturated heterocycles. The third kappa shape index (κ3) is 3.91. The van der Waals surface area contributed by atoms with Gasteiger partial charge in [-0.3, -0.25) is 4.99 Å². The lowest BCUT2D eigenvalue weighted by Gasteiger charge is -2.45. The molecule has 6 heteroatoms. The SMILES string of the molecule is CN=C(NCC(C)(O)c1ccco1)N1CCSC2(CCCCC2)C1. The lowest BCUT2D eigenvalue weighted by atomic mass is 9.87.